The average molecular weight is 260 g/mol. The molecule has 3 unspecified atom stereocenters. The first-order chi connectivity index (χ1) is 8.91. The van der Waals surface area contributed by atoms with Crippen LogP contribution in [0, 0.1) is 24.2 Å². The molecule has 1 aromatic rings. The van der Waals surface area contributed by atoms with Gasteiger partial charge in [0, 0.05) is 6.61 Å². The summed E-state index contributed by atoms with van der Waals surface area (Å²) in [5.74, 6) is 1.77. The number of aryl methyl sites for hydroxylation is 1. The molecular weight excluding hydrogens is 232 g/mol. The molecule has 0 amide bonds. The molecule has 0 aliphatic heterocycles. The maximum atomic E-state index is 9.59. The van der Waals surface area contributed by atoms with Crippen LogP contribution >= 0.6 is 0 Å². The second kappa shape index (κ2) is 5.66. The van der Waals surface area contributed by atoms with Gasteiger partial charge in [0.15, 0.2) is 0 Å². The first-order valence-electron chi connectivity index (χ1n) is 7.59. The minimum atomic E-state index is 0.356. The second-order valence-corrected chi connectivity index (χ2v) is 7.32. The third kappa shape index (κ3) is 3.60. The lowest BCUT2D eigenvalue weighted by molar-refractivity contribution is 0.184. The summed E-state index contributed by atoms with van der Waals surface area (Å²) in [7, 11) is 0. The Morgan fingerprint density at radius 3 is 2.32 bits per heavy atom. The zero-order valence-electron chi connectivity index (χ0n) is 12.8. The van der Waals surface area contributed by atoms with Crippen LogP contribution in [0.4, 0.5) is 0 Å². The summed E-state index contributed by atoms with van der Waals surface area (Å²) >= 11 is 0. The Hall–Kier alpha value is -0.820. The molecule has 1 N–H and O–H groups in total. The summed E-state index contributed by atoms with van der Waals surface area (Å²) in [6, 6.07) is 8.92. The van der Waals surface area contributed by atoms with Crippen molar-refractivity contribution in [1.29, 1.82) is 0 Å². The lowest BCUT2D eigenvalue weighted by atomic mass is 9.84. The molecule has 0 spiro atoms. The molecule has 0 heterocycles. The maximum Gasteiger partial charge on any atom is 0.0462 e. The van der Waals surface area contributed by atoms with Gasteiger partial charge in [-0.3, -0.25) is 0 Å². The molecule has 106 valence electrons. The van der Waals surface area contributed by atoms with Crippen molar-refractivity contribution in [3.8, 4) is 0 Å². The average Bonchev–Trinajstić information content (AvgIpc) is 2.64. The Bertz CT molecular complexity index is 404. The molecule has 0 bridgehead atoms. The summed E-state index contributed by atoms with van der Waals surface area (Å²) in [5.41, 5.74) is 3.17. The van der Waals surface area contributed by atoms with Gasteiger partial charge in [0.2, 0.25) is 0 Å². The van der Waals surface area contributed by atoms with Gasteiger partial charge in [-0.25, -0.2) is 0 Å². The first kappa shape index (κ1) is 14.6. The van der Waals surface area contributed by atoms with Gasteiger partial charge in [-0.1, -0.05) is 50.6 Å². The number of aliphatic hydroxyl groups is 1. The van der Waals surface area contributed by atoms with Crippen molar-refractivity contribution in [3.05, 3.63) is 35.4 Å². The number of rotatable bonds is 4. The fourth-order valence-electron chi connectivity index (χ4n) is 3.81. The molecule has 1 heteroatoms. The van der Waals surface area contributed by atoms with Crippen molar-refractivity contribution in [1.82, 2.24) is 0 Å². The zero-order valence-corrected chi connectivity index (χ0v) is 12.8. The summed E-state index contributed by atoms with van der Waals surface area (Å²) in [6.07, 6.45) is 3.64. The smallest absolute Gasteiger partial charge is 0.0462 e. The standard InChI is InChI=1S/C18H28O/c1-13-5-7-15(8-6-13)14(2)9-16-10-18(3,4)11-17(16)12-19/h5-8,14,16-17,19H,9-12H2,1-4H3. The minimum absolute atomic E-state index is 0.356. The van der Waals surface area contributed by atoms with Crippen molar-refractivity contribution in [2.24, 2.45) is 17.3 Å². The Morgan fingerprint density at radius 2 is 1.74 bits per heavy atom. The van der Waals surface area contributed by atoms with Gasteiger partial charge in [0.1, 0.15) is 0 Å². The van der Waals surface area contributed by atoms with Crippen LogP contribution in [-0.4, -0.2) is 11.7 Å². The molecule has 1 aromatic carbocycles. The molecule has 1 aliphatic rings. The van der Waals surface area contributed by atoms with E-state index in [1.54, 1.807) is 0 Å². The molecule has 1 fully saturated rings. The van der Waals surface area contributed by atoms with Crippen LogP contribution in [0.3, 0.4) is 0 Å². The third-order valence-electron chi connectivity index (χ3n) is 4.83. The normalized spacial score (nSPS) is 27.4. The minimum Gasteiger partial charge on any atom is -0.396 e. The van der Waals surface area contributed by atoms with E-state index < -0.39 is 0 Å². The van der Waals surface area contributed by atoms with Crippen LogP contribution in [0.5, 0.6) is 0 Å². The lowest BCUT2D eigenvalue weighted by Gasteiger charge is -2.22. The van der Waals surface area contributed by atoms with E-state index in [1.165, 1.54) is 30.4 Å². The Balaban J connectivity index is 2.02. The van der Waals surface area contributed by atoms with Crippen LogP contribution in [0.15, 0.2) is 24.3 Å². The van der Waals surface area contributed by atoms with Gasteiger partial charge < -0.3 is 5.11 Å². The van der Waals surface area contributed by atoms with E-state index in [-0.39, 0.29) is 0 Å². The quantitative estimate of drug-likeness (QED) is 0.843. The highest BCUT2D eigenvalue weighted by molar-refractivity contribution is 5.24. The molecule has 1 saturated carbocycles. The predicted molar refractivity (Wildman–Crippen MR) is 81.3 cm³/mol. The molecule has 1 aliphatic carbocycles. The van der Waals surface area contributed by atoms with Crippen LogP contribution < -0.4 is 0 Å². The van der Waals surface area contributed by atoms with Crippen LogP contribution in [0.1, 0.15) is 57.1 Å². The van der Waals surface area contributed by atoms with Gasteiger partial charge in [-0.05, 0) is 54.9 Å². The molecular formula is C18H28O. The highest BCUT2D eigenvalue weighted by Gasteiger charge is 2.39. The Kier molecular flexibility index (Phi) is 4.35. The van der Waals surface area contributed by atoms with Gasteiger partial charge in [-0.2, -0.15) is 0 Å². The molecule has 0 saturated heterocycles. The van der Waals surface area contributed by atoms with E-state index in [2.05, 4.69) is 52.0 Å². The Labute approximate surface area is 118 Å². The molecule has 0 aromatic heterocycles. The largest absolute Gasteiger partial charge is 0.396 e. The molecule has 2 rings (SSSR count). The molecule has 19 heavy (non-hydrogen) atoms. The van der Waals surface area contributed by atoms with Crippen LogP contribution in [0.2, 0.25) is 0 Å². The third-order valence-corrected chi connectivity index (χ3v) is 4.83. The number of benzene rings is 1. The van der Waals surface area contributed by atoms with Crippen LogP contribution in [0.25, 0.3) is 0 Å². The lowest BCUT2D eigenvalue weighted by Crippen LogP contribution is -2.14. The van der Waals surface area contributed by atoms with E-state index in [0.29, 0.717) is 29.8 Å². The first-order valence-corrected chi connectivity index (χ1v) is 7.59. The van der Waals surface area contributed by atoms with Gasteiger partial charge >= 0.3 is 0 Å². The van der Waals surface area contributed by atoms with E-state index >= 15 is 0 Å². The highest BCUT2D eigenvalue weighted by Crippen LogP contribution is 2.48. The van der Waals surface area contributed by atoms with Crippen molar-refractivity contribution in [3.63, 3.8) is 0 Å². The van der Waals surface area contributed by atoms with E-state index in [1.807, 2.05) is 0 Å². The van der Waals surface area contributed by atoms with E-state index in [0.717, 1.165) is 0 Å². The fraction of sp³-hybridized carbons (Fsp3) is 0.667. The topological polar surface area (TPSA) is 20.2 Å². The van der Waals surface area contributed by atoms with Gasteiger partial charge in [0.05, 0.1) is 0 Å². The Morgan fingerprint density at radius 1 is 1.16 bits per heavy atom. The SMILES string of the molecule is Cc1ccc(C(C)CC2CC(C)(C)CC2CO)cc1. The van der Waals surface area contributed by atoms with Gasteiger partial charge in [-0.15, -0.1) is 0 Å². The number of hydrogen-bond acceptors (Lipinski definition) is 1. The van der Waals surface area contributed by atoms with Crippen molar-refractivity contribution in [2.75, 3.05) is 6.61 Å². The van der Waals surface area contributed by atoms with Gasteiger partial charge in [0.25, 0.3) is 0 Å². The summed E-state index contributed by atoms with van der Waals surface area (Å²) in [5, 5.41) is 9.59. The summed E-state index contributed by atoms with van der Waals surface area (Å²) < 4.78 is 0. The summed E-state index contributed by atoms with van der Waals surface area (Å²) in [4.78, 5) is 0. The van der Waals surface area contributed by atoms with Crippen LogP contribution in [-0.2, 0) is 0 Å². The molecule has 3 atom stereocenters. The number of hydrogen-bond donors (Lipinski definition) is 1. The van der Waals surface area contributed by atoms with Crippen molar-refractivity contribution < 1.29 is 5.11 Å². The predicted octanol–water partition coefficient (Wildman–Crippen LogP) is 4.53. The summed E-state index contributed by atoms with van der Waals surface area (Å²) in [6.45, 7) is 9.49. The van der Waals surface area contributed by atoms with Crippen molar-refractivity contribution in [2.45, 2.75) is 52.9 Å². The highest BCUT2D eigenvalue weighted by atomic mass is 16.3. The maximum absolute atomic E-state index is 9.59. The number of aliphatic hydroxyl groups excluding tert-OH is 1. The second-order valence-electron chi connectivity index (χ2n) is 7.32. The zero-order chi connectivity index (χ0) is 14.0. The van der Waals surface area contributed by atoms with E-state index in [4.69, 9.17) is 0 Å². The van der Waals surface area contributed by atoms with Crippen molar-refractivity contribution >= 4 is 0 Å². The van der Waals surface area contributed by atoms with E-state index in [9.17, 15) is 5.11 Å². The monoisotopic (exact) mass is 260 g/mol. The molecule has 1 nitrogen and oxygen atoms in total. The fourth-order valence-corrected chi connectivity index (χ4v) is 3.81. The molecule has 0 radical (unpaired) electrons.